The van der Waals surface area contributed by atoms with Gasteiger partial charge in [0.2, 0.25) is 0 Å². The molecule has 0 aliphatic heterocycles. The standard InChI is InChI=1S/C16H19FN2OS/c1-11-4-5-13(8-14(11)17)15(20)6-7-19(3)9-16-12(2)18-10-21-16/h4-5,8,10H,6-7,9H2,1-3H3. The van der Waals surface area contributed by atoms with Gasteiger partial charge in [0.05, 0.1) is 11.2 Å². The fourth-order valence-electron chi connectivity index (χ4n) is 2.01. The zero-order chi connectivity index (χ0) is 15.4. The Morgan fingerprint density at radius 3 is 2.76 bits per heavy atom. The summed E-state index contributed by atoms with van der Waals surface area (Å²) in [6.45, 7) is 5.10. The van der Waals surface area contributed by atoms with E-state index in [4.69, 9.17) is 0 Å². The second-order valence-corrected chi connectivity index (χ2v) is 6.18. The van der Waals surface area contributed by atoms with Crippen LogP contribution in [0.5, 0.6) is 0 Å². The van der Waals surface area contributed by atoms with Gasteiger partial charge in [0.1, 0.15) is 5.82 Å². The van der Waals surface area contributed by atoms with Gasteiger partial charge in [-0.05, 0) is 32.5 Å². The molecule has 5 heteroatoms. The third-order valence-corrected chi connectivity index (χ3v) is 4.39. The van der Waals surface area contributed by atoms with Gasteiger partial charge in [0, 0.05) is 30.0 Å². The lowest BCUT2D eigenvalue weighted by molar-refractivity contribution is 0.0967. The molecule has 0 aliphatic carbocycles. The van der Waals surface area contributed by atoms with Crippen molar-refractivity contribution in [3.63, 3.8) is 0 Å². The van der Waals surface area contributed by atoms with Crippen molar-refractivity contribution in [2.45, 2.75) is 26.8 Å². The van der Waals surface area contributed by atoms with Crippen molar-refractivity contribution in [2.24, 2.45) is 0 Å². The van der Waals surface area contributed by atoms with E-state index in [9.17, 15) is 9.18 Å². The fourth-order valence-corrected chi connectivity index (χ4v) is 2.86. The maximum absolute atomic E-state index is 13.5. The first-order chi connectivity index (χ1) is 9.97. The number of rotatable bonds is 6. The first kappa shape index (κ1) is 15.8. The molecule has 2 aromatic rings. The lowest BCUT2D eigenvalue weighted by Gasteiger charge is -2.15. The zero-order valence-electron chi connectivity index (χ0n) is 12.5. The van der Waals surface area contributed by atoms with Gasteiger partial charge < -0.3 is 4.90 Å². The molecule has 3 nitrogen and oxygen atoms in total. The molecule has 1 heterocycles. The van der Waals surface area contributed by atoms with Gasteiger partial charge in [-0.25, -0.2) is 9.37 Å². The average Bonchev–Trinajstić information content (AvgIpc) is 2.84. The van der Waals surface area contributed by atoms with E-state index < -0.39 is 0 Å². The monoisotopic (exact) mass is 306 g/mol. The molecule has 21 heavy (non-hydrogen) atoms. The Labute approximate surface area is 128 Å². The lowest BCUT2D eigenvalue weighted by atomic mass is 10.1. The van der Waals surface area contributed by atoms with Crippen LogP contribution in [0.2, 0.25) is 0 Å². The highest BCUT2D eigenvalue weighted by molar-refractivity contribution is 7.09. The summed E-state index contributed by atoms with van der Waals surface area (Å²) in [6, 6.07) is 4.66. The van der Waals surface area contributed by atoms with E-state index >= 15 is 0 Å². The first-order valence-corrected chi connectivity index (χ1v) is 7.72. The molecule has 0 saturated heterocycles. The summed E-state index contributed by atoms with van der Waals surface area (Å²) in [5.74, 6) is -0.351. The van der Waals surface area contributed by atoms with Crippen LogP contribution in [0.1, 0.15) is 32.9 Å². The van der Waals surface area contributed by atoms with Crippen LogP contribution >= 0.6 is 11.3 Å². The number of ketones is 1. The van der Waals surface area contributed by atoms with Crippen molar-refractivity contribution in [1.82, 2.24) is 9.88 Å². The van der Waals surface area contributed by atoms with Crippen molar-refractivity contribution in [2.75, 3.05) is 13.6 Å². The SMILES string of the molecule is Cc1ccc(C(=O)CCN(C)Cc2scnc2C)cc1F. The maximum atomic E-state index is 13.5. The molecule has 0 saturated carbocycles. The molecule has 0 aliphatic rings. The van der Waals surface area contributed by atoms with Crippen LogP contribution < -0.4 is 0 Å². The van der Waals surface area contributed by atoms with E-state index in [-0.39, 0.29) is 11.6 Å². The Morgan fingerprint density at radius 2 is 2.14 bits per heavy atom. The second kappa shape index (κ2) is 6.91. The minimum absolute atomic E-state index is 0.0261. The summed E-state index contributed by atoms with van der Waals surface area (Å²) in [5, 5.41) is 0. The molecular formula is C16H19FN2OS. The fraction of sp³-hybridized carbons (Fsp3) is 0.375. The molecule has 0 amide bonds. The van der Waals surface area contributed by atoms with Crippen LogP contribution in [0.25, 0.3) is 0 Å². The highest BCUT2D eigenvalue weighted by Crippen LogP contribution is 2.15. The van der Waals surface area contributed by atoms with E-state index in [2.05, 4.69) is 9.88 Å². The molecule has 0 atom stereocenters. The normalized spacial score (nSPS) is 11.1. The predicted octanol–water partition coefficient (Wildman–Crippen LogP) is 3.60. The van der Waals surface area contributed by atoms with Crippen LogP contribution in [-0.4, -0.2) is 29.3 Å². The molecule has 0 unspecified atom stereocenters. The Balaban J connectivity index is 1.88. The Bertz CT molecular complexity index is 639. The molecule has 0 radical (unpaired) electrons. The van der Waals surface area contributed by atoms with Crippen LogP contribution in [-0.2, 0) is 6.54 Å². The van der Waals surface area contributed by atoms with Crippen LogP contribution in [0, 0.1) is 19.7 Å². The van der Waals surface area contributed by atoms with Crippen molar-refractivity contribution in [1.29, 1.82) is 0 Å². The Morgan fingerprint density at radius 1 is 1.38 bits per heavy atom. The number of aryl methyl sites for hydroxylation is 2. The van der Waals surface area contributed by atoms with Crippen LogP contribution in [0.4, 0.5) is 4.39 Å². The van der Waals surface area contributed by atoms with Gasteiger partial charge in [0.25, 0.3) is 0 Å². The first-order valence-electron chi connectivity index (χ1n) is 6.84. The summed E-state index contributed by atoms with van der Waals surface area (Å²) in [7, 11) is 1.97. The van der Waals surface area contributed by atoms with E-state index in [0.29, 0.717) is 24.1 Å². The topological polar surface area (TPSA) is 33.2 Å². The van der Waals surface area contributed by atoms with Crippen molar-refractivity contribution in [3.05, 3.63) is 51.2 Å². The van der Waals surface area contributed by atoms with Crippen LogP contribution in [0.15, 0.2) is 23.7 Å². The summed E-state index contributed by atoms with van der Waals surface area (Å²) >= 11 is 1.62. The molecule has 1 aromatic carbocycles. The number of hydrogen-bond donors (Lipinski definition) is 0. The minimum Gasteiger partial charge on any atom is -0.301 e. The van der Waals surface area contributed by atoms with E-state index in [1.165, 1.54) is 10.9 Å². The molecule has 0 fully saturated rings. The predicted molar refractivity (Wildman–Crippen MR) is 83.3 cm³/mol. The van der Waals surface area contributed by atoms with Gasteiger partial charge in [0.15, 0.2) is 5.78 Å². The molecule has 2 rings (SSSR count). The highest BCUT2D eigenvalue weighted by Gasteiger charge is 2.11. The zero-order valence-corrected chi connectivity index (χ0v) is 13.3. The van der Waals surface area contributed by atoms with Gasteiger partial charge in [-0.1, -0.05) is 12.1 Å². The molecule has 0 spiro atoms. The Hall–Kier alpha value is -1.59. The molecule has 1 aromatic heterocycles. The maximum Gasteiger partial charge on any atom is 0.164 e. The number of Topliss-reactive ketones (excluding diaryl/α,β-unsaturated/α-hetero) is 1. The number of carbonyl (C=O) groups excluding carboxylic acids is 1. The number of hydrogen-bond acceptors (Lipinski definition) is 4. The van der Waals surface area contributed by atoms with E-state index in [1.54, 1.807) is 30.4 Å². The van der Waals surface area contributed by atoms with Gasteiger partial charge in [-0.15, -0.1) is 11.3 Å². The van der Waals surface area contributed by atoms with Crippen molar-refractivity contribution >= 4 is 17.1 Å². The van der Waals surface area contributed by atoms with Crippen molar-refractivity contribution in [3.8, 4) is 0 Å². The highest BCUT2D eigenvalue weighted by atomic mass is 32.1. The summed E-state index contributed by atoms with van der Waals surface area (Å²) in [5.41, 5.74) is 3.88. The van der Waals surface area contributed by atoms with E-state index in [0.717, 1.165) is 12.2 Å². The van der Waals surface area contributed by atoms with Gasteiger partial charge in [-0.2, -0.15) is 0 Å². The number of carbonyl (C=O) groups is 1. The number of thiazole rings is 1. The minimum atomic E-state index is -0.325. The second-order valence-electron chi connectivity index (χ2n) is 5.24. The quantitative estimate of drug-likeness (QED) is 0.765. The number of halogens is 1. The van der Waals surface area contributed by atoms with Crippen LogP contribution in [0.3, 0.4) is 0 Å². The third-order valence-electron chi connectivity index (χ3n) is 3.47. The number of aromatic nitrogens is 1. The Kier molecular flexibility index (Phi) is 5.20. The number of nitrogens with zero attached hydrogens (tertiary/aromatic N) is 2. The average molecular weight is 306 g/mol. The molecule has 0 N–H and O–H groups in total. The molecule has 112 valence electrons. The summed E-state index contributed by atoms with van der Waals surface area (Å²) in [4.78, 5) is 19.6. The summed E-state index contributed by atoms with van der Waals surface area (Å²) < 4.78 is 13.5. The third kappa shape index (κ3) is 4.19. The van der Waals surface area contributed by atoms with E-state index in [1.807, 2.05) is 19.5 Å². The lowest BCUT2D eigenvalue weighted by Crippen LogP contribution is -2.21. The smallest absolute Gasteiger partial charge is 0.164 e. The summed E-state index contributed by atoms with van der Waals surface area (Å²) in [6.07, 6.45) is 0.386. The number of benzene rings is 1. The molecule has 0 bridgehead atoms. The molecular weight excluding hydrogens is 287 g/mol. The van der Waals surface area contributed by atoms with Crippen molar-refractivity contribution < 1.29 is 9.18 Å². The largest absolute Gasteiger partial charge is 0.301 e. The van der Waals surface area contributed by atoms with Gasteiger partial charge >= 0.3 is 0 Å². The van der Waals surface area contributed by atoms with Gasteiger partial charge in [-0.3, -0.25) is 4.79 Å².